The molecular formula is C23H19F4N5O6. The highest BCUT2D eigenvalue weighted by Gasteiger charge is 2.46. The Balaban J connectivity index is 0.000000426. The van der Waals surface area contributed by atoms with E-state index in [0.29, 0.717) is 13.1 Å². The maximum atomic E-state index is 14.7. The van der Waals surface area contributed by atoms with E-state index in [9.17, 15) is 36.7 Å². The Morgan fingerprint density at radius 1 is 1.05 bits per heavy atom. The fraction of sp³-hybridized carbons (Fsp3) is 0.304. The first-order valence-corrected chi connectivity index (χ1v) is 11.1. The van der Waals surface area contributed by atoms with Gasteiger partial charge in [-0.05, 0) is 30.7 Å². The van der Waals surface area contributed by atoms with Gasteiger partial charge in [-0.15, -0.1) is 0 Å². The Morgan fingerprint density at radius 2 is 1.68 bits per heavy atom. The van der Waals surface area contributed by atoms with Gasteiger partial charge in [0.05, 0.1) is 22.9 Å². The third kappa shape index (κ3) is 5.12. The molecule has 3 N–H and O–H groups in total. The number of halogens is 4. The van der Waals surface area contributed by atoms with Crippen LogP contribution >= 0.6 is 0 Å². The van der Waals surface area contributed by atoms with E-state index >= 15 is 0 Å². The molecule has 4 amide bonds. The summed E-state index contributed by atoms with van der Waals surface area (Å²) in [6.45, 7) is 1.18. The molecule has 0 radical (unpaired) electrons. The molecule has 200 valence electrons. The molecule has 0 aliphatic carbocycles. The van der Waals surface area contributed by atoms with Crippen molar-refractivity contribution in [3.8, 4) is 0 Å². The van der Waals surface area contributed by atoms with E-state index in [4.69, 9.17) is 9.90 Å². The summed E-state index contributed by atoms with van der Waals surface area (Å²) in [4.78, 5) is 65.4. The number of nitrogens with zero attached hydrogens (tertiary/aromatic N) is 3. The van der Waals surface area contributed by atoms with Gasteiger partial charge in [0, 0.05) is 37.6 Å². The third-order valence-corrected chi connectivity index (χ3v) is 6.06. The number of benzene rings is 1. The largest absolute Gasteiger partial charge is 0.490 e. The number of nitrogens with one attached hydrogen (secondary N) is 2. The highest BCUT2D eigenvalue weighted by molar-refractivity contribution is 6.25. The smallest absolute Gasteiger partial charge is 0.475 e. The number of fused-ring (bicyclic) bond motifs is 1. The highest BCUT2D eigenvalue weighted by atomic mass is 19.4. The predicted molar refractivity (Wildman–Crippen MR) is 121 cm³/mol. The standard InChI is InChI=1S/C21H18FN5O4.C2HF3O2/c22-14-2-1-13-17(18(14)24-11-9-26(10-11)12-5-7-23-8-6-12)21(31)27(20(13)30)15-3-4-16(28)25-19(15)29;3-2(4,5)1(6)7/h1-2,5-8,11,15,24H,3-4,9-10H2,(H,25,28,29);(H,6,7). The summed E-state index contributed by atoms with van der Waals surface area (Å²) >= 11 is 0. The van der Waals surface area contributed by atoms with E-state index in [2.05, 4.69) is 20.5 Å². The minimum Gasteiger partial charge on any atom is -0.475 e. The molecule has 5 rings (SSSR count). The quantitative estimate of drug-likeness (QED) is 0.390. The molecule has 0 bridgehead atoms. The van der Waals surface area contributed by atoms with Crippen LogP contribution in [0.3, 0.4) is 0 Å². The monoisotopic (exact) mass is 537 g/mol. The van der Waals surface area contributed by atoms with Crippen LogP contribution in [0.5, 0.6) is 0 Å². The van der Waals surface area contributed by atoms with Crippen molar-refractivity contribution < 1.29 is 46.6 Å². The van der Waals surface area contributed by atoms with Crippen molar-refractivity contribution in [2.24, 2.45) is 0 Å². The second kappa shape index (κ2) is 10.1. The molecule has 1 atom stereocenters. The normalized spacial score (nSPS) is 19.3. The Morgan fingerprint density at radius 3 is 2.26 bits per heavy atom. The zero-order valence-corrected chi connectivity index (χ0v) is 19.3. The lowest BCUT2D eigenvalue weighted by Crippen LogP contribution is -2.55. The number of pyridine rings is 1. The molecule has 1 unspecified atom stereocenters. The Hall–Kier alpha value is -4.56. The molecule has 2 aromatic rings. The molecule has 1 aromatic heterocycles. The van der Waals surface area contributed by atoms with Crippen molar-refractivity contribution in [1.82, 2.24) is 15.2 Å². The van der Waals surface area contributed by atoms with Crippen molar-refractivity contribution in [3.63, 3.8) is 0 Å². The summed E-state index contributed by atoms with van der Waals surface area (Å²) in [5.41, 5.74) is 0.924. The number of amides is 4. The molecule has 0 saturated carbocycles. The minimum absolute atomic E-state index is 0.0240. The molecule has 15 heteroatoms. The maximum Gasteiger partial charge on any atom is 0.490 e. The summed E-state index contributed by atoms with van der Waals surface area (Å²) < 4.78 is 46.4. The SMILES string of the molecule is O=C(O)C(F)(F)F.O=C1CCC(N2C(=O)c3ccc(F)c(NC4CN(c5ccncc5)C4)c3C2=O)C(=O)N1. The van der Waals surface area contributed by atoms with Gasteiger partial charge in [0.25, 0.3) is 11.8 Å². The minimum atomic E-state index is -5.08. The maximum absolute atomic E-state index is 14.7. The first kappa shape index (κ1) is 26.5. The topological polar surface area (TPSA) is 149 Å². The summed E-state index contributed by atoms with van der Waals surface area (Å²) in [5.74, 6) is -5.95. The van der Waals surface area contributed by atoms with E-state index in [1.165, 1.54) is 6.07 Å². The average Bonchev–Trinajstić information content (AvgIpc) is 3.07. The van der Waals surface area contributed by atoms with Gasteiger partial charge in [0.1, 0.15) is 11.9 Å². The summed E-state index contributed by atoms with van der Waals surface area (Å²) in [6.07, 6.45) is -1.64. The van der Waals surface area contributed by atoms with Gasteiger partial charge < -0.3 is 15.3 Å². The third-order valence-electron chi connectivity index (χ3n) is 6.06. The van der Waals surface area contributed by atoms with Gasteiger partial charge in [-0.2, -0.15) is 13.2 Å². The number of carbonyl (C=O) groups is 5. The molecule has 0 spiro atoms. The van der Waals surface area contributed by atoms with Crippen LogP contribution in [0.15, 0.2) is 36.7 Å². The molecular weight excluding hydrogens is 518 g/mol. The van der Waals surface area contributed by atoms with Gasteiger partial charge >= 0.3 is 12.1 Å². The number of aromatic nitrogens is 1. The molecule has 3 aliphatic rings. The van der Waals surface area contributed by atoms with Crippen LogP contribution in [-0.2, 0) is 14.4 Å². The number of carboxylic acids is 1. The number of carbonyl (C=O) groups excluding carboxylic acids is 4. The number of carboxylic acid groups (broad SMARTS) is 1. The van der Waals surface area contributed by atoms with E-state index in [-0.39, 0.29) is 35.7 Å². The van der Waals surface area contributed by atoms with E-state index in [0.717, 1.165) is 16.7 Å². The van der Waals surface area contributed by atoms with Crippen molar-refractivity contribution in [2.75, 3.05) is 23.3 Å². The van der Waals surface area contributed by atoms with Crippen LogP contribution in [-0.4, -0.2) is 75.9 Å². The number of anilines is 2. The number of aliphatic carboxylic acids is 1. The molecule has 1 aromatic carbocycles. The fourth-order valence-corrected chi connectivity index (χ4v) is 4.21. The van der Waals surface area contributed by atoms with Crippen LogP contribution in [0.1, 0.15) is 33.6 Å². The van der Waals surface area contributed by atoms with Crippen molar-refractivity contribution in [1.29, 1.82) is 0 Å². The first-order chi connectivity index (χ1) is 17.9. The average molecular weight is 537 g/mol. The predicted octanol–water partition coefficient (Wildman–Crippen LogP) is 1.56. The lowest BCUT2D eigenvalue weighted by molar-refractivity contribution is -0.192. The molecule has 3 aliphatic heterocycles. The second-order valence-electron chi connectivity index (χ2n) is 8.55. The lowest BCUT2D eigenvalue weighted by Gasteiger charge is -2.42. The number of alkyl halides is 3. The summed E-state index contributed by atoms with van der Waals surface area (Å²) in [7, 11) is 0. The summed E-state index contributed by atoms with van der Waals surface area (Å²) in [5, 5.41) is 12.3. The lowest BCUT2D eigenvalue weighted by atomic mass is 10.0. The van der Waals surface area contributed by atoms with E-state index in [1.54, 1.807) is 12.4 Å². The number of rotatable bonds is 4. The van der Waals surface area contributed by atoms with Crippen molar-refractivity contribution in [3.05, 3.63) is 53.6 Å². The molecule has 4 heterocycles. The molecule has 38 heavy (non-hydrogen) atoms. The van der Waals surface area contributed by atoms with E-state index in [1.807, 2.05) is 12.1 Å². The fourth-order valence-electron chi connectivity index (χ4n) is 4.21. The molecule has 2 saturated heterocycles. The van der Waals surface area contributed by atoms with Crippen LogP contribution in [0, 0.1) is 5.82 Å². The van der Waals surface area contributed by atoms with Gasteiger partial charge in [0.2, 0.25) is 11.8 Å². The van der Waals surface area contributed by atoms with Gasteiger partial charge in [-0.25, -0.2) is 9.18 Å². The number of imide groups is 2. The zero-order chi connectivity index (χ0) is 27.8. The molecule has 11 nitrogen and oxygen atoms in total. The number of hydrogen-bond acceptors (Lipinski definition) is 8. The second-order valence-corrected chi connectivity index (χ2v) is 8.55. The van der Waals surface area contributed by atoms with Gasteiger partial charge in [-0.1, -0.05) is 0 Å². The highest BCUT2D eigenvalue weighted by Crippen LogP contribution is 2.35. The van der Waals surface area contributed by atoms with Crippen LogP contribution in [0.2, 0.25) is 0 Å². The van der Waals surface area contributed by atoms with E-state index < -0.39 is 47.6 Å². The Bertz CT molecular complexity index is 1310. The van der Waals surface area contributed by atoms with Crippen LogP contribution in [0.4, 0.5) is 28.9 Å². The first-order valence-electron chi connectivity index (χ1n) is 11.1. The zero-order valence-electron chi connectivity index (χ0n) is 19.3. The molecule has 2 fully saturated rings. The Kier molecular flexibility index (Phi) is 7.02. The number of piperidine rings is 1. The van der Waals surface area contributed by atoms with Gasteiger partial charge in [-0.3, -0.25) is 34.4 Å². The van der Waals surface area contributed by atoms with Gasteiger partial charge in [0.15, 0.2) is 0 Å². The Labute approximate surface area is 211 Å². The number of hydrogen-bond donors (Lipinski definition) is 3. The van der Waals surface area contributed by atoms with Crippen molar-refractivity contribution >= 4 is 41.0 Å². The van der Waals surface area contributed by atoms with Crippen molar-refractivity contribution in [2.45, 2.75) is 31.1 Å². The van der Waals surface area contributed by atoms with Crippen LogP contribution < -0.4 is 15.5 Å². The summed E-state index contributed by atoms with van der Waals surface area (Å²) in [6, 6.07) is 4.92. The van der Waals surface area contributed by atoms with Crippen LogP contribution in [0.25, 0.3) is 0 Å².